The number of hydrogen-bond donors (Lipinski definition) is 2. The highest BCUT2D eigenvalue weighted by molar-refractivity contribution is 5.94. The molecule has 1 aromatic heterocycles. The quantitative estimate of drug-likeness (QED) is 0.761. The molecule has 0 unspecified atom stereocenters. The van der Waals surface area contributed by atoms with Crippen LogP contribution in [0.2, 0.25) is 0 Å². The van der Waals surface area contributed by atoms with Crippen molar-refractivity contribution >= 4 is 11.7 Å². The van der Waals surface area contributed by atoms with Crippen LogP contribution in [0.25, 0.3) is 0 Å². The Balaban J connectivity index is 3.17. The molecule has 1 heterocycles. The summed E-state index contributed by atoms with van der Waals surface area (Å²) in [4.78, 5) is 14.9. The molecule has 0 saturated heterocycles. The van der Waals surface area contributed by atoms with E-state index in [1.807, 2.05) is 0 Å². The van der Waals surface area contributed by atoms with E-state index in [0.29, 0.717) is 5.69 Å². The second-order valence-corrected chi connectivity index (χ2v) is 4.07. The molecular weight excluding hydrogens is 204 g/mol. The highest BCUT2D eigenvalue weighted by atomic mass is 16.4. The third kappa shape index (κ3) is 2.74. The molecule has 0 aliphatic heterocycles. The van der Waals surface area contributed by atoms with E-state index in [0.717, 1.165) is 5.69 Å². The van der Waals surface area contributed by atoms with Crippen molar-refractivity contribution in [2.75, 3.05) is 5.32 Å². The van der Waals surface area contributed by atoms with E-state index in [1.165, 1.54) is 6.20 Å². The number of carboxylic acids is 1. The van der Waals surface area contributed by atoms with Gasteiger partial charge in [-0.2, -0.15) is 0 Å². The fourth-order valence-electron chi connectivity index (χ4n) is 1.21. The van der Waals surface area contributed by atoms with Crippen LogP contribution in [0.1, 0.15) is 29.9 Å². The van der Waals surface area contributed by atoms with E-state index in [4.69, 9.17) is 11.5 Å². The van der Waals surface area contributed by atoms with Gasteiger partial charge in [0.15, 0.2) is 0 Å². The number of anilines is 1. The molecule has 0 aliphatic rings. The smallest absolute Gasteiger partial charge is 0.339 e. The average molecular weight is 218 g/mol. The van der Waals surface area contributed by atoms with Crippen molar-refractivity contribution in [3.05, 3.63) is 23.5 Å². The Morgan fingerprint density at radius 3 is 2.75 bits per heavy atom. The van der Waals surface area contributed by atoms with Crippen LogP contribution in [0.3, 0.4) is 0 Å². The Labute approximate surface area is 94.7 Å². The first-order valence-electron chi connectivity index (χ1n) is 4.81. The summed E-state index contributed by atoms with van der Waals surface area (Å²) in [6.07, 6.45) is 6.67. The first kappa shape index (κ1) is 12.1. The lowest BCUT2D eigenvalue weighted by molar-refractivity contribution is 0.0697. The Kier molecular flexibility index (Phi) is 3.19. The van der Waals surface area contributed by atoms with Crippen molar-refractivity contribution in [3.8, 4) is 12.3 Å². The van der Waals surface area contributed by atoms with Crippen LogP contribution in [0, 0.1) is 19.3 Å². The van der Waals surface area contributed by atoms with Gasteiger partial charge >= 0.3 is 5.97 Å². The Bertz CT molecular complexity index is 459. The van der Waals surface area contributed by atoms with Crippen molar-refractivity contribution in [2.45, 2.75) is 26.3 Å². The summed E-state index contributed by atoms with van der Waals surface area (Å²) in [5, 5.41) is 12.0. The molecule has 0 fully saturated rings. The van der Waals surface area contributed by atoms with Gasteiger partial charge in [-0.1, -0.05) is 5.92 Å². The largest absolute Gasteiger partial charge is 0.478 e. The summed E-state index contributed by atoms with van der Waals surface area (Å²) >= 11 is 0. The average Bonchev–Trinajstić information content (AvgIpc) is 2.16. The lowest BCUT2D eigenvalue weighted by atomic mass is 10.1. The van der Waals surface area contributed by atoms with Gasteiger partial charge in [0.1, 0.15) is 5.56 Å². The van der Waals surface area contributed by atoms with Crippen LogP contribution in [0.5, 0.6) is 0 Å². The molecule has 0 atom stereocenters. The fraction of sp³-hybridized carbons (Fsp3) is 0.333. The summed E-state index contributed by atoms with van der Waals surface area (Å²) in [7, 11) is 0. The normalized spacial score (nSPS) is 10.6. The summed E-state index contributed by atoms with van der Waals surface area (Å²) in [5.41, 5.74) is 0.745. The number of nitrogens with zero attached hydrogens (tertiary/aromatic N) is 1. The molecule has 1 aromatic rings. The van der Waals surface area contributed by atoms with Crippen molar-refractivity contribution in [2.24, 2.45) is 0 Å². The third-order valence-corrected chi connectivity index (χ3v) is 2.08. The van der Waals surface area contributed by atoms with E-state index < -0.39 is 11.5 Å². The van der Waals surface area contributed by atoms with Crippen LogP contribution < -0.4 is 5.32 Å². The summed E-state index contributed by atoms with van der Waals surface area (Å²) in [6, 6.07) is 1.67. The molecule has 0 bridgehead atoms. The maximum Gasteiger partial charge on any atom is 0.339 e. The van der Waals surface area contributed by atoms with Crippen LogP contribution in [-0.2, 0) is 0 Å². The predicted octanol–water partition coefficient (Wildman–Crippen LogP) is 1.91. The van der Waals surface area contributed by atoms with Crippen molar-refractivity contribution in [3.63, 3.8) is 0 Å². The molecule has 0 aromatic carbocycles. The molecule has 0 saturated carbocycles. The zero-order valence-corrected chi connectivity index (χ0v) is 9.53. The first-order chi connectivity index (χ1) is 7.35. The summed E-state index contributed by atoms with van der Waals surface area (Å²) in [5.74, 6) is 1.53. The van der Waals surface area contributed by atoms with Crippen molar-refractivity contribution in [1.82, 2.24) is 4.98 Å². The van der Waals surface area contributed by atoms with Crippen LogP contribution in [0.15, 0.2) is 12.3 Å². The maximum absolute atomic E-state index is 11.0. The monoisotopic (exact) mass is 218 g/mol. The molecule has 16 heavy (non-hydrogen) atoms. The van der Waals surface area contributed by atoms with Crippen molar-refractivity contribution in [1.29, 1.82) is 0 Å². The Morgan fingerprint density at radius 1 is 1.62 bits per heavy atom. The number of aromatic nitrogens is 1. The molecule has 0 aliphatic carbocycles. The van der Waals surface area contributed by atoms with Gasteiger partial charge in [0.25, 0.3) is 0 Å². The number of carboxylic acid groups (broad SMARTS) is 1. The van der Waals surface area contributed by atoms with Crippen LogP contribution >= 0.6 is 0 Å². The number of terminal acetylenes is 1. The maximum atomic E-state index is 11.0. The number of pyridine rings is 1. The van der Waals surface area contributed by atoms with Gasteiger partial charge < -0.3 is 10.4 Å². The van der Waals surface area contributed by atoms with Gasteiger partial charge in [-0.3, -0.25) is 4.98 Å². The van der Waals surface area contributed by atoms with Gasteiger partial charge in [-0.15, -0.1) is 6.42 Å². The van der Waals surface area contributed by atoms with Gasteiger partial charge in [0, 0.05) is 11.9 Å². The standard InChI is InChI=1S/C12H14N2O2/c1-5-12(3,4)14-10-6-8(2)13-7-9(10)11(15)16/h1,6-7H,2-4H3,(H,13,14)(H,15,16). The first-order valence-corrected chi connectivity index (χ1v) is 4.81. The van der Waals surface area contributed by atoms with E-state index in [1.54, 1.807) is 26.8 Å². The van der Waals surface area contributed by atoms with Gasteiger partial charge in [-0.25, -0.2) is 4.79 Å². The molecule has 4 nitrogen and oxygen atoms in total. The second kappa shape index (κ2) is 4.23. The number of rotatable bonds is 3. The lowest BCUT2D eigenvalue weighted by Crippen LogP contribution is -2.29. The molecule has 84 valence electrons. The second-order valence-electron chi connectivity index (χ2n) is 4.07. The number of aromatic carboxylic acids is 1. The van der Waals surface area contributed by atoms with Crippen LogP contribution in [0.4, 0.5) is 5.69 Å². The minimum atomic E-state index is -1.03. The predicted molar refractivity (Wildman–Crippen MR) is 62.5 cm³/mol. The highest BCUT2D eigenvalue weighted by Crippen LogP contribution is 2.20. The van der Waals surface area contributed by atoms with Gasteiger partial charge in [0.2, 0.25) is 0 Å². The van der Waals surface area contributed by atoms with Gasteiger partial charge in [0.05, 0.1) is 11.2 Å². The van der Waals surface area contributed by atoms with Crippen molar-refractivity contribution < 1.29 is 9.90 Å². The summed E-state index contributed by atoms with van der Waals surface area (Å²) in [6.45, 7) is 5.39. The molecular formula is C12H14N2O2. The third-order valence-electron chi connectivity index (χ3n) is 2.08. The van der Waals surface area contributed by atoms with E-state index in [2.05, 4.69) is 16.2 Å². The topological polar surface area (TPSA) is 62.2 Å². The highest BCUT2D eigenvalue weighted by Gasteiger charge is 2.18. The Hall–Kier alpha value is -2.02. The van der Waals surface area contributed by atoms with E-state index in [-0.39, 0.29) is 5.56 Å². The van der Waals surface area contributed by atoms with E-state index in [9.17, 15) is 4.79 Å². The number of nitrogens with one attached hydrogen (secondary N) is 1. The molecule has 1 rings (SSSR count). The molecule has 2 N–H and O–H groups in total. The van der Waals surface area contributed by atoms with Crippen LogP contribution in [-0.4, -0.2) is 21.6 Å². The van der Waals surface area contributed by atoms with E-state index >= 15 is 0 Å². The minimum absolute atomic E-state index is 0.119. The molecule has 0 radical (unpaired) electrons. The number of hydrogen-bond acceptors (Lipinski definition) is 3. The zero-order valence-electron chi connectivity index (χ0n) is 9.53. The lowest BCUT2D eigenvalue weighted by Gasteiger charge is -2.22. The number of carbonyl (C=O) groups is 1. The molecule has 4 heteroatoms. The fourth-order valence-corrected chi connectivity index (χ4v) is 1.21. The molecule has 0 spiro atoms. The summed E-state index contributed by atoms with van der Waals surface area (Å²) < 4.78 is 0. The molecule has 0 amide bonds. The van der Waals surface area contributed by atoms with Gasteiger partial charge in [-0.05, 0) is 26.8 Å². The Morgan fingerprint density at radius 2 is 2.25 bits per heavy atom. The SMILES string of the molecule is C#CC(C)(C)Nc1cc(C)ncc1C(=O)O. The minimum Gasteiger partial charge on any atom is -0.478 e. The zero-order chi connectivity index (χ0) is 12.3. The number of aryl methyl sites for hydroxylation is 1.